The second-order valence-electron chi connectivity index (χ2n) is 6.17. The number of aromatic nitrogens is 1. The van der Waals surface area contributed by atoms with Crippen LogP contribution in [0.5, 0.6) is 0 Å². The minimum Gasteiger partial charge on any atom is -0.347 e. The van der Waals surface area contributed by atoms with Crippen LogP contribution < -0.4 is 5.32 Å². The van der Waals surface area contributed by atoms with Crippen molar-refractivity contribution < 1.29 is 4.79 Å². The van der Waals surface area contributed by atoms with Gasteiger partial charge in [-0.2, -0.15) is 5.26 Å². The zero-order chi connectivity index (χ0) is 20.3. The maximum absolute atomic E-state index is 12.4. The largest absolute Gasteiger partial charge is 0.347 e. The highest BCUT2D eigenvalue weighted by Crippen LogP contribution is 2.32. The van der Waals surface area contributed by atoms with Crippen LogP contribution in [-0.2, 0) is 11.3 Å². The molecule has 0 aliphatic carbocycles. The van der Waals surface area contributed by atoms with Gasteiger partial charge in [0.1, 0.15) is 11.6 Å². The molecule has 1 amide bonds. The lowest BCUT2D eigenvalue weighted by molar-refractivity contribution is -0.117. The van der Waals surface area contributed by atoms with E-state index in [0.717, 1.165) is 27.5 Å². The van der Waals surface area contributed by atoms with Crippen LogP contribution in [0.3, 0.4) is 0 Å². The molecular formula is C21H17Cl2N3OS. The van der Waals surface area contributed by atoms with E-state index in [-0.39, 0.29) is 5.57 Å². The molecule has 0 bridgehead atoms. The number of carbonyl (C=O) groups is 1. The van der Waals surface area contributed by atoms with Crippen LogP contribution in [0.1, 0.15) is 21.8 Å². The van der Waals surface area contributed by atoms with Crippen molar-refractivity contribution in [3.63, 3.8) is 0 Å². The topological polar surface area (TPSA) is 57.8 Å². The summed E-state index contributed by atoms with van der Waals surface area (Å²) in [6.07, 6.45) is 1.60. The van der Waals surface area contributed by atoms with E-state index in [0.29, 0.717) is 16.6 Å². The fraction of sp³-hybridized carbons (Fsp3) is 0.143. The van der Waals surface area contributed by atoms with E-state index in [4.69, 9.17) is 23.2 Å². The summed E-state index contributed by atoms with van der Waals surface area (Å²) in [5.74, 6) is -0.401. The van der Waals surface area contributed by atoms with Crippen molar-refractivity contribution in [3.8, 4) is 11.8 Å². The molecule has 142 valence electrons. The summed E-state index contributed by atoms with van der Waals surface area (Å²) in [7, 11) is 0. The van der Waals surface area contributed by atoms with Crippen LogP contribution in [0.15, 0.2) is 47.4 Å². The van der Waals surface area contributed by atoms with E-state index in [2.05, 4.69) is 5.32 Å². The summed E-state index contributed by atoms with van der Waals surface area (Å²) >= 11 is 14.1. The second kappa shape index (κ2) is 8.66. The molecule has 0 radical (unpaired) electrons. The summed E-state index contributed by atoms with van der Waals surface area (Å²) in [5, 5.41) is 15.1. The van der Waals surface area contributed by atoms with Gasteiger partial charge in [0, 0.05) is 16.3 Å². The number of rotatable bonds is 5. The molecule has 0 aliphatic heterocycles. The highest BCUT2D eigenvalue weighted by molar-refractivity contribution is 7.09. The predicted octanol–water partition coefficient (Wildman–Crippen LogP) is 5.69. The maximum Gasteiger partial charge on any atom is 0.262 e. The van der Waals surface area contributed by atoms with Crippen molar-refractivity contribution in [2.75, 3.05) is 0 Å². The summed E-state index contributed by atoms with van der Waals surface area (Å²) in [6, 6.07) is 13.2. The number of nitrogens with one attached hydrogen (secondary N) is 1. The van der Waals surface area contributed by atoms with Crippen LogP contribution in [0.25, 0.3) is 11.8 Å². The zero-order valence-corrected chi connectivity index (χ0v) is 17.6. The zero-order valence-electron chi connectivity index (χ0n) is 15.3. The normalized spacial score (nSPS) is 11.3. The molecule has 3 aromatic rings. The molecule has 1 aromatic carbocycles. The van der Waals surface area contributed by atoms with E-state index in [1.807, 2.05) is 60.2 Å². The second-order valence-corrected chi connectivity index (χ2v) is 7.98. The molecular weight excluding hydrogens is 413 g/mol. The smallest absolute Gasteiger partial charge is 0.262 e. The molecule has 0 aliphatic rings. The van der Waals surface area contributed by atoms with Gasteiger partial charge in [-0.25, -0.2) is 0 Å². The third kappa shape index (κ3) is 4.15. The van der Waals surface area contributed by atoms with Gasteiger partial charge in [-0.05, 0) is 55.1 Å². The van der Waals surface area contributed by atoms with Crippen LogP contribution in [0.2, 0.25) is 10.0 Å². The Kier molecular flexibility index (Phi) is 6.25. The molecule has 7 heteroatoms. The number of amides is 1. The Labute approximate surface area is 177 Å². The first-order chi connectivity index (χ1) is 13.4. The summed E-state index contributed by atoms with van der Waals surface area (Å²) in [5.41, 5.74) is 3.36. The Bertz CT molecular complexity index is 1090. The Morgan fingerprint density at radius 1 is 1.29 bits per heavy atom. The van der Waals surface area contributed by atoms with Crippen LogP contribution >= 0.6 is 34.5 Å². The van der Waals surface area contributed by atoms with Gasteiger partial charge >= 0.3 is 0 Å². The molecule has 0 fully saturated rings. The number of aryl methyl sites for hydroxylation is 1. The van der Waals surface area contributed by atoms with E-state index >= 15 is 0 Å². The van der Waals surface area contributed by atoms with Crippen molar-refractivity contribution in [2.24, 2.45) is 0 Å². The van der Waals surface area contributed by atoms with Gasteiger partial charge in [0.05, 0.1) is 22.3 Å². The van der Waals surface area contributed by atoms with Crippen LogP contribution in [-0.4, -0.2) is 10.5 Å². The molecule has 2 aromatic heterocycles. The first-order valence-electron chi connectivity index (χ1n) is 8.48. The number of nitrogens with zero attached hydrogens (tertiary/aromatic N) is 2. The first kappa shape index (κ1) is 20.2. The lowest BCUT2D eigenvalue weighted by atomic mass is 10.1. The molecule has 0 saturated carbocycles. The Morgan fingerprint density at radius 3 is 2.75 bits per heavy atom. The number of thiophene rings is 1. The number of carbonyl (C=O) groups excluding carboxylic acids is 1. The molecule has 28 heavy (non-hydrogen) atoms. The van der Waals surface area contributed by atoms with Gasteiger partial charge in [-0.1, -0.05) is 35.3 Å². The molecule has 0 unspecified atom stereocenters. The number of benzene rings is 1. The number of hydrogen-bond donors (Lipinski definition) is 1. The van der Waals surface area contributed by atoms with Crippen molar-refractivity contribution in [1.29, 1.82) is 5.26 Å². The lowest BCUT2D eigenvalue weighted by Gasteiger charge is -2.12. The Balaban J connectivity index is 1.91. The predicted molar refractivity (Wildman–Crippen MR) is 115 cm³/mol. The molecule has 0 atom stereocenters. The van der Waals surface area contributed by atoms with Crippen LogP contribution in [0.4, 0.5) is 0 Å². The van der Waals surface area contributed by atoms with E-state index < -0.39 is 5.91 Å². The summed E-state index contributed by atoms with van der Waals surface area (Å²) in [6.45, 7) is 4.24. The standard InChI is InChI=1S/C21H17Cl2N3OS/c1-13-9-15(14(2)26(13)19-7-3-6-18(22)20(19)23)10-16(11-24)21(27)25-12-17-5-4-8-28-17/h3-10H,12H2,1-2H3,(H,25,27). The SMILES string of the molecule is Cc1cc(C=C(C#N)C(=O)NCc2cccs2)c(C)n1-c1cccc(Cl)c1Cl. The minimum absolute atomic E-state index is 0.0500. The van der Waals surface area contributed by atoms with Gasteiger partial charge in [0.15, 0.2) is 0 Å². The third-order valence-corrected chi connectivity index (χ3v) is 6.00. The molecule has 1 N–H and O–H groups in total. The summed E-state index contributed by atoms with van der Waals surface area (Å²) in [4.78, 5) is 13.4. The maximum atomic E-state index is 12.4. The fourth-order valence-electron chi connectivity index (χ4n) is 2.95. The Hall–Kier alpha value is -2.52. The van der Waals surface area contributed by atoms with Crippen LogP contribution in [0, 0.1) is 25.2 Å². The highest BCUT2D eigenvalue weighted by atomic mass is 35.5. The third-order valence-electron chi connectivity index (χ3n) is 4.31. The average Bonchev–Trinajstić information content (AvgIpc) is 3.28. The fourth-order valence-corrected chi connectivity index (χ4v) is 3.97. The van der Waals surface area contributed by atoms with E-state index in [1.54, 1.807) is 23.5 Å². The lowest BCUT2D eigenvalue weighted by Crippen LogP contribution is -2.23. The van der Waals surface area contributed by atoms with Gasteiger partial charge in [-0.3, -0.25) is 4.79 Å². The van der Waals surface area contributed by atoms with Crippen molar-refractivity contribution >= 4 is 46.5 Å². The van der Waals surface area contributed by atoms with Crippen molar-refractivity contribution in [3.05, 3.63) is 79.2 Å². The molecule has 0 saturated heterocycles. The molecule has 4 nitrogen and oxygen atoms in total. The first-order valence-corrected chi connectivity index (χ1v) is 10.1. The van der Waals surface area contributed by atoms with Gasteiger partial charge in [0.2, 0.25) is 0 Å². The van der Waals surface area contributed by atoms with Gasteiger partial charge in [-0.15, -0.1) is 11.3 Å². The van der Waals surface area contributed by atoms with Gasteiger partial charge in [0.25, 0.3) is 5.91 Å². The van der Waals surface area contributed by atoms with E-state index in [1.165, 1.54) is 0 Å². The van der Waals surface area contributed by atoms with Crippen molar-refractivity contribution in [1.82, 2.24) is 9.88 Å². The minimum atomic E-state index is -0.401. The monoisotopic (exact) mass is 429 g/mol. The summed E-state index contributed by atoms with van der Waals surface area (Å²) < 4.78 is 1.96. The number of nitriles is 1. The number of halogens is 2. The van der Waals surface area contributed by atoms with Crippen molar-refractivity contribution in [2.45, 2.75) is 20.4 Å². The quantitative estimate of drug-likeness (QED) is 0.418. The number of hydrogen-bond acceptors (Lipinski definition) is 3. The molecule has 3 rings (SSSR count). The van der Waals surface area contributed by atoms with E-state index in [9.17, 15) is 10.1 Å². The van der Waals surface area contributed by atoms with Gasteiger partial charge < -0.3 is 9.88 Å². The molecule has 0 spiro atoms. The Morgan fingerprint density at radius 2 is 2.07 bits per heavy atom. The molecule has 2 heterocycles. The highest BCUT2D eigenvalue weighted by Gasteiger charge is 2.16. The average molecular weight is 430 g/mol.